The minimum atomic E-state index is -0.242. The lowest BCUT2D eigenvalue weighted by Crippen LogP contribution is -2.35. The van der Waals surface area contributed by atoms with Crippen LogP contribution in [0.4, 0.5) is 4.39 Å². The number of benzene rings is 1. The SMILES string of the molecule is CC1CCCC(C(NN)c2cc3cc(F)ccc3o2)C1. The zero-order chi connectivity index (χ0) is 14.1. The summed E-state index contributed by atoms with van der Waals surface area (Å²) in [6.07, 6.45) is 4.84. The van der Waals surface area contributed by atoms with Gasteiger partial charge in [-0.2, -0.15) is 0 Å². The first kappa shape index (κ1) is 13.6. The molecule has 1 aliphatic rings. The van der Waals surface area contributed by atoms with E-state index < -0.39 is 0 Å². The van der Waals surface area contributed by atoms with Crippen molar-refractivity contribution in [2.75, 3.05) is 0 Å². The number of rotatable bonds is 3. The van der Waals surface area contributed by atoms with E-state index in [1.54, 1.807) is 6.07 Å². The van der Waals surface area contributed by atoms with Crippen molar-refractivity contribution in [1.29, 1.82) is 0 Å². The van der Waals surface area contributed by atoms with Crippen LogP contribution in [0.2, 0.25) is 0 Å². The Bertz CT molecular complexity index is 595. The highest BCUT2D eigenvalue weighted by atomic mass is 19.1. The first-order valence-electron chi connectivity index (χ1n) is 7.32. The van der Waals surface area contributed by atoms with Crippen LogP contribution >= 0.6 is 0 Å². The summed E-state index contributed by atoms with van der Waals surface area (Å²) in [6, 6.07) is 6.50. The second-order valence-corrected chi connectivity index (χ2v) is 6.01. The van der Waals surface area contributed by atoms with Gasteiger partial charge in [0.05, 0.1) is 6.04 Å². The van der Waals surface area contributed by atoms with E-state index in [1.807, 2.05) is 6.07 Å². The maximum Gasteiger partial charge on any atom is 0.134 e. The molecule has 1 aromatic carbocycles. The van der Waals surface area contributed by atoms with Gasteiger partial charge >= 0.3 is 0 Å². The molecule has 2 aromatic rings. The normalized spacial score (nSPS) is 24.9. The third-order valence-corrected chi connectivity index (χ3v) is 4.43. The molecule has 1 aromatic heterocycles. The lowest BCUT2D eigenvalue weighted by molar-refractivity contribution is 0.208. The van der Waals surface area contributed by atoms with Crippen LogP contribution in [0.1, 0.15) is 44.4 Å². The Morgan fingerprint density at radius 3 is 2.95 bits per heavy atom. The van der Waals surface area contributed by atoms with E-state index in [0.717, 1.165) is 29.9 Å². The van der Waals surface area contributed by atoms with E-state index >= 15 is 0 Å². The molecule has 0 spiro atoms. The monoisotopic (exact) mass is 276 g/mol. The van der Waals surface area contributed by atoms with Gasteiger partial charge in [-0.1, -0.05) is 19.8 Å². The Kier molecular flexibility index (Phi) is 3.76. The van der Waals surface area contributed by atoms with Crippen LogP contribution in [0.3, 0.4) is 0 Å². The van der Waals surface area contributed by atoms with Crippen LogP contribution in [0.25, 0.3) is 11.0 Å². The van der Waals surface area contributed by atoms with Crippen LogP contribution in [0.15, 0.2) is 28.7 Å². The molecule has 3 unspecified atom stereocenters. The molecule has 3 atom stereocenters. The van der Waals surface area contributed by atoms with Crippen LogP contribution < -0.4 is 11.3 Å². The van der Waals surface area contributed by atoms with Crippen molar-refractivity contribution in [1.82, 2.24) is 5.43 Å². The smallest absolute Gasteiger partial charge is 0.134 e. The number of hydrogen-bond acceptors (Lipinski definition) is 3. The molecule has 0 bridgehead atoms. The molecule has 1 fully saturated rings. The molecule has 3 nitrogen and oxygen atoms in total. The summed E-state index contributed by atoms with van der Waals surface area (Å²) < 4.78 is 19.1. The number of hydrogen-bond donors (Lipinski definition) is 2. The van der Waals surface area contributed by atoms with Gasteiger partial charge in [-0.05, 0) is 48.9 Å². The first-order valence-corrected chi connectivity index (χ1v) is 7.32. The highest BCUT2D eigenvalue weighted by Gasteiger charge is 2.29. The number of nitrogens with one attached hydrogen (secondary N) is 1. The zero-order valence-electron chi connectivity index (χ0n) is 11.7. The topological polar surface area (TPSA) is 51.2 Å². The number of fused-ring (bicyclic) bond motifs is 1. The largest absolute Gasteiger partial charge is 0.459 e. The quantitative estimate of drug-likeness (QED) is 0.660. The third-order valence-electron chi connectivity index (χ3n) is 4.43. The Hall–Kier alpha value is -1.39. The van der Waals surface area contributed by atoms with Gasteiger partial charge in [0.2, 0.25) is 0 Å². The van der Waals surface area contributed by atoms with Crippen molar-refractivity contribution in [3.8, 4) is 0 Å². The Morgan fingerprint density at radius 2 is 2.20 bits per heavy atom. The minimum absolute atomic E-state index is 0.00760. The lowest BCUT2D eigenvalue weighted by atomic mass is 9.78. The summed E-state index contributed by atoms with van der Waals surface area (Å²) in [5.41, 5.74) is 3.61. The van der Waals surface area contributed by atoms with Crippen molar-refractivity contribution < 1.29 is 8.81 Å². The van der Waals surface area contributed by atoms with Crippen molar-refractivity contribution in [2.45, 2.75) is 38.6 Å². The molecule has 3 rings (SSSR count). The van der Waals surface area contributed by atoms with E-state index in [2.05, 4.69) is 12.3 Å². The van der Waals surface area contributed by atoms with Crippen LogP contribution in [-0.2, 0) is 0 Å². The molecule has 1 heterocycles. The molecule has 1 saturated carbocycles. The predicted molar refractivity (Wildman–Crippen MR) is 77.4 cm³/mol. The standard InChI is InChI=1S/C16H21FN2O/c1-10-3-2-4-11(7-10)16(19-18)15-9-12-8-13(17)5-6-14(12)20-15/h5-6,8-11,16,19H,2-4,7,18H2,1H3. The molecule has 3 N–H and O–H groups in total. The predicted octanol–water partition coefficient (Wildman–Crippen LogP) is 3.90. The van der Waals surface area contributed by atoms with Crippen molar-refractivity contribution >= 4 is 11.0 Å². The van der Waals surface area contributed by atoms with E-state index in [4.69, 9.17) is 10.3 Å². The Labute approximate surface area is 118 Å². The van der Waals surface area contributed by atoms with Crippen LogP contribution in [0.5, 0.6) is 0 Å². The summed E-state index contributed by atoms with van der Waals surface area (Å²) in [5.74, 6) is 7.53. The summed E-state index contributed by atoms with van der Waals surface area (Å²) in [6.45, 7) is 2.29. The maximum absolute atomic E-state index is 13.3. The Balaban J connectivity index is 1.90. The number of halogens is 1. The average Bonchev–Trinajstić information content (AvgIpc) is 2.82. The lowest BCUT2D eigenvalue weighted by Gasteiger charge is -2.31. The number of nitrogens with two attached hydrogens (primary N) is 1. The van der Waals surface area contributed by atoms with Crippen LogP contribution in [-0.4, -0.2) is 0 Å². The van der Waals surface area contributed by atoms with E-state index in [0.29, 0.717) is 11.5 Å². The number of hydrazine groups is 1. The summed E-state index contributed by atoms with van der Waals surface area (Å²) in [4.78, 5) is 0. The van der Waals surface area contributed by atoms with E-state index in [-0.39, 0.29) is 11.9 Å². The van der Waals surface area contributed by atoms with Gasteiger partial charge in [0.1, 0.15) is 17.2 Å². The second kappa shape index (κ2) is 5.54. The van der Waals surface area contributed by atoms with Gasteiger partial charge in [0.15, 0.2) is 0 Å². The van der Waals surface area contributed by atoms with E-state index in [9.17, 15) is 4.39 Å². The van der Waals surface area contributed by atoms with Gasteiger partial charge < -0.3 is 4.42 Å². The highest BCUT2D eigenvalue weighted by molar-refractivity contribution is 5.78. The van der Waals surface area contributed by atoms with Gasteiger partial charge in [0, 0.05) is 5.39 Å². The van der Waals surface area contributed by atoms with Crippen LogP contribution in [0, 0.1) is 17.7 Å². The maximum atomic E-state index is 13.3. The summed E-state index contributed by atoms with van der Waals surface area (Å²) in [5, 5.41) is 0.795. The average molecular weight is 276 g/mol. The Morgan fingerprint density at radius 1 is 1.35 bits per heavy atom. The van der Waals surface area contributed by atoms with Crippen molar-refractivity contribution in [2.24, 2.45) is 17.7 Å². The molecule has 4 heteroatoms. The minimum Gasteiger partial charge on any atom is -0.459 e. The van der Waals surface area contributed by atoms with Gasteiger partial charge in [-0.25, -0.2) is 9.82 Å². The molecule has 20 heavy (non-hydrogen) atoms. The van der Waals surface area contributed by atoms with Crippen molar-refractivity contribution in [3.63, 3.8) is 0 Å². The molecular weight excluding hydrogens is 255 g/mol. The molecular formula is C16H21FN2O. The van der Waals surface area contributed by atoms with Gasteiger partial charge in [-0.15, -0.1) is 0 Å². The number of furan rings is 1. The molecule has 108 valence electrons. The first-order chi connectivity index (χ1) is 9.67. The molecule has 0 saturated heterocycles. The molecule has 1 aliphatic carbocycles. The zero-order valence-corrected chi connectivity index (χ0v) is 11.7. The molecule has 0 amide bonds. The third kappa shape index (κ3) is 2.58. The summed E-state index contributed by atoms with van der Waals surface area (Å²) >= 11 is 0. The fourth-order valence-electron chi connectivity index (χ4n) is 3.42. The van der Waals surface area contributed by atoms with Gasteiger partial charge in [-0.3, -0.25) is 5.84 Å². The van der Waals surface area contributed by atoms with Crippen molar-refractivity contribution in [3.05, 3.63) is 35.8 Å². The molecule has 0 radical (unpaired) electrons. The van der Waals surface area contributed by atoms with Gasteiger partial charge in [0.25, 0.3) is 0 Å². The summed E-state index contributed by atoms with van der Waals surface area (Å²) in [7, 11) is 0. The second-order valence-electron chi connectivity index (χ2n) is 6.01. The molecule has 0 aliphatic heterocycles. The van der Waals surface area contributed by atoms with E-state index in [1.165, 1.54) is 25.0 Å². The fraction of sp³-hybridized carbons (Fsp3) is 0.500. The fourth-order valence-corrected chi connectivity index (χ4v) is 3.42. The highest BCUT2D eigenvalue weighted by Crippen LogP contribution is 2.38.